The fourth-order valence-electron chi connectivity index (χ4n) is 6.65. The van der Waals surface area contributed by atoms with Crippen LogP contribution in [0.15, 0.2) is 12.1 Å². The van der Waals surface area contributed by atoms with E-state index < -0.39 is 0 Å². The van der Waals surface area contributed by atoms with Gasteiger partial charge in [-0.15, -0.1) is 0 Å². The first-order valence-corrected chi connectivity index (χ1v) is 9.52. The maximum atomic E-state index is 11.1. The lowest BCUT2D eigenvalue weighted by Gasteiger charge is -2.28. The van der Waals surface area contributed by atoms with Gasteiger partial charge in [-0.2, -0.15) is 0 Å². The molecule has 1 N–H and O–H groups in total. The summed E-state index contributed by atoms with van der Waals surface area (Å²) in [6.07, 6.45) is 11.2. The number of rotatable bonds is 2. The Morgan fingerprint density at radius 2 is 1.27 bits per heavy atom. The van der Waals surface area contributed by atoms with Crippen LogP contribution in [0.25, 0.3) is 0 Å². The zero-order valence-electron chi connectivity index (χ0n) is 13.7. The summed E-state index contributed by atoms with van der Waals surface area (Å²) in [5, 5.41) is 11.1. The monoisotopic (exact) mass is 296 g/mol. The molecule has 1 aromatic carbocycles. The summed E-state index contributed by atoms with van der Waals surface area (Å²) < 4.78 is 0. The van der Waals surface area contributed by atoms with Crippen LogP contribution in [-0.4, -0.2) is 5.11 Å². The summed E-state index contributed by atoms with van der Waals surface area (Å²) in [7, 11) is 0. The molecule has 0 radical (unpaired) electrons. The Morgan fingerprint density at radius 3 is 1.64 bits per heavy atom. The van der Waals surface area contributed by atoms with Crippen molar-refractivity contribution in [2.24, 2.45) is 23.7 Å². The molecule has 0 heterocycles. The second-order valence-corrected chi connectivity index (χ2v) is 8.85. The Morgan fingerprint density at radius 1 is 0.773 bits per heavy atom. The van der Waals surface area contributed by atoms with Gasteiger partial charge in [-0.1, -0.05) is 30.5 Å². The fraction of sp³-hybridized carbons (Fsp3) is 0.714. The number of aromatic hydroxyl groups is 1. The molecular formula is C21H28O. The molecule has 1 aromatic rings. The van der Waals surface area contributed by atoms with E-state index in [1.807, 2.05) is 0 Å². The highest BCUT2D eigenvalue weighted by Crippen LogP contribution is 2.58. The molecule has 22 heavy (non-hydrogen) atoms. The minimum atomic E-state index is 0.649. The zero-order chi connectivity index (χ0) is 14.8. The van der Waals surface area contributed by atoms with E-state index in [1.165, 1.54) is 68.1 Å². The smallest absolute Gasteiger partial charge is 0.122 e. The molecular weight excluding hydrogens is 268 g/mol. The first-order chi connectivity index (χ1) is 10.7. The van der Waals surface area contributed by atoms with Gasteiger partial charge < -0.3 is 5.11 Å². The molecule has 5 rings (SSSR count). The normalized spacial score (nSPS) is 42.4. The van der Waals surface area contributed by atoms with Crippen molar-refractivity contribution in [2.75, 3.05) is 0 Å². The van der Waals surface area contributed by atoms with E-state index >= 15 is 0 Å². The van der Waals surface area contributed by atoms with E-state index in [-0.39, 0.29) is 0 Å². The molecule has 1 heteroatoms. The van der Waals surface area contributed by atoms with Crippen LogP contribution in [0.5, 0.6) is 5.75 Å². The molecule has 0 unspecified atom stereocenters. The first-order valence-electron chi connectivity index (χ1n) is 9.52. The molecule has 4 aliphatic rings. The molecule has 1 nitrogen and oxygen atoms in total. The molecule has 0 saturated heterocycles. The van der Waals surface area contributed by atoms with Crippen molar-refractivity contribution in [3.05, 3.63) is 28.8 Å². The van der Waals surface area contributed by atoms with Crippen molar-refractivity contribution in [1.82, 2.24) is 0 Å². The number of hydrogen-bond donors (Lipinski definition) is 1. The van der Waals surface area contributed by atoms with Crippen LogP contribution >= 0.6 is 0 Å². The van der Waals surface area contributed by atoms with E-state index in [4.69, 9.17) is 0 Å². The third-order valence-electron chi connectivity index (χ3n) is 7.59. The molecule has 4 saturated carbocycles. The third-order valence-corrected chi connectivity index (χ3v) is 7.59. The van der Waals surface area contributed by atoms with E-state index in [0.717, 1.165) is 23.7 Å². The van der Waals surface area contributed by atoms with Crippen LogP contribution in [0.3, 0.4) is 0 Å². The van der Waals surface area contributed by atoms with Gasteiger partial charge in [0.15, 0.2) is 0 Å². The van der Waals surface area contributed by atoms with Crippen molar-refractivity contribution in [3.63, 3.8) is 0 Å². The van der Waals surface area contributed by atoms with E-state index in [0.29, 0.717) is 17.6 Å². The zero-order valence-corrected chi connectivity index (χ0v) is 13.7. The molecule has 4 bridgehead atoms. The average molecular weight is 296 g/mol. The van der Waals surface area contributed by atoms with Gasteiger partial charge in [-0.25, -0.2) is 0 Å². The van der Waals surface area contributed by atoms with Crippen molar-refractivity contribution in [3.8, 4) is 5.75 Å². The molecule has 4 aliphatic carbocycles. The van der Waals surface area contributed by atoms with Gasteiger partial charge in [-0.3, -0.25) is 0 Å². The first kappa shape index (κ1) is 13.5. The van der Waals surface area contributed by atoms with Crippen LogP contribution < -0.4 is 0 Å². The summed E-state index contributed by atoms with van der Waals surface area (Å²) in [4.78, 5) is 0. The van der Waals surface area contributed by atoms with Gasteiger partial charge in [-0.05, 0) is 92.1 Å². The van der Waals surface area contributed by atoms with Gasteiger partial charge in [0.05, 0.1) is 0 Å². The fourth-order valence-corrected chi connectivity index (χ4v) is 6.65. The lowest BCUT2D eigenvalue weighted by molar-refractivity contribution is 0.376. The SMILES string of the molecule is Cc1cc([C@H]2C[C@H]3CC[C@@H]2C3)c(O)c([C@@H]2C[C@@H]3CC[C@H]2C3)c1. The van der Waals surface area contributed by atoms with Crippen LogP contribution in [0, 0.1) is 30.6 Å². The van der Waals surface area contributed by atoms with E-state index in [1.54, 1.807) is 0 Å². The molecule has 0 aromatic heterocycles. The van der Waals surface area contributed by atoms with E-state index in [2.05, 4.69) is 19.1 Å². The van der Waals surface area contributed by atoms with Crippen LogP contribution in [0.2, 0.25) is 0 Å². The van der Waals surface area contributed by atoms with Crippen molar-refractivity contribution >= 4 is 0 Å². The third kappa shape index (κ3) is 1.90. The summed E-state index contributed by atoms with van der Waals surface area (Å²) in [6.45, 7) is 2.23. The standard InChI is InChI=1S/C21H28O/c1-12-6-19(17-10-13-2-4-15(17)8-13)21(22)20(7-12)18-11-14-3-5-16(18)9-14/h6-7,13-18,22H,2-5,8-11H2,1H3/t13-,14+,15+,16-,17-,18+. The Balaban J connectivity index is 1.53. The Bertz CT molecular complexity index is 555. The highest BCUT2D eigenvalue weighted by molar-refractivity contribution is 5.48. The molecule has 0 amide bonds. The van der Waals surface area contributed by atoms with Crippen LogP contribution in [0.4, 0.5) is 0 Å². The quantitative estimate of drug-likeness (QED) is 0.763. The van der Waals surface area contributed by atoms with Crippen LogP contribution in [0.1, 0.15) is 79.9 Å². The number of aryl methyl sites for hydroxylation is 1. The lowest BCUT2D eigenvalue weighted by atomic mass is 9.77. The van der Waals surface area contributed by atoms with Crippen molar-refractivity contribution in [2.45, 2.75) is 70.1 Å². The maximum absolute atomic E-state index is 11.1. The summed E-state index contributed by atoms with van der Waals surface area (Å²) >= 11 is 0. The summed E-state index contributed by atoms with van der Waals surface area (Å²) in [5.74, 6) is 5.59. The van der Waals surface area contributed by atoms with E-state index in [9.17, 15) is 5.11 Å². The minimum absolute atomic E-state index is 0.649. The second kappa shape index (κ2) is 4.76. The van der Waals surface area contributed by atoms with Crippen molar-refractivity contribution in [1.29, 1.82) is 0 Å². The number of phenolic OH excluding ortho intramolecular Hbond substituents is 1. The molecule has 0 aliphatic heterocycles. The predicted molar refractivity (Wildman–Crippen MR) is 89.2 cm³/mol. The highest BCUT2D eigenvalue weighted by atomic mass is 16.3. The molecule has 4 fully saturated rings. The number of phenols is 1. The number of benzene rings is 1. The maximum Gasteiger partial charge on any atom is 0.122 e. The van der Waals surface area contributed by atoms with Gasteiger partial charge in [0.1, 0.15) is 5.75 Å². The molecule has 118 valence electrons. The molecule has 6 atom stereocenters. The van der Waals surface area contributed by atoms with Gasteiger partial charge in [0.2, 0.25) is 0 Å². The topological polar surface area (TPSA) is 20.2 Å². The largest absolute Gasteiger partial charge is 0.507 e. The van der Waals surface area contributed by atoms with Gasteiger partial charge in [0.25, 0.3) is 0 Å². The Kier molecular flexibility index (Phi) is 2.91. The van der Waals surface area contributed by atoms with Crippen molar-refractivity contribution < 1.29 is 5.11 Å². The summed E-state index contributed by atoms with van der Waals surface area (Å²) in [5.41, 5.74) is 3.99. The lowest BCUT2D eigenvalue weighted by Crippen LogP contribution is -2.13. The molecule has 0 spiro atoms. The predicted octanol–water partition coefficient (Wildman–Crippen LogP) is 5.51. The highest BCUT2D eigenvalue weighted by Gasteiger charge is 2.44. The van der Waals surface area contributed by atoms with Gasteiger partial charge >= 0.3 is 0 Å². The second-order valence-electron chi connectivity index (χ2n) is 8.85. The van der Waals surface area contributed by atoms with Crippen LogP contribution in [-0.2, 0) is 0 Å². The van der Waals surface area contributed by atoms with Gasteiger partial charge in [0, 0.05) is 0 Å². The Hall–Kier alpha value is -0.980. The number of fused-ring (bicyclic) bond motifs is 4. The minimum Gasteiger partial charge on any atom is -0.507 e. The summed E-state index contributed by atoms with van der Waals surface area (Å²) in [6, 6.07) is 4.61. The Labute approximate surface area is 134 Å². The number of hydrogen-bond acceptors (Lipinski definition) is 1. The average Bonchev–Trinajstić information content (AvgIpc) is 3.29.